The maximum absolute atomic E-state index is 12.7. The molecule has 2 aliphatic heterocycles. The third kappa shape index (κ3) is 6.40. The second kappa shape index (κ2) is 10.9. The summed E-state index contributed by atoms with van der Waals surface area (Å²) in [5.74, 6) is 1.27. The number of carbonyl (C=O) groups is 1. The van der Waals surface area contributed by atoms with Crippen molar-refractivity contribution in [1.29, 1.82) is 0 Å². The number of nitrogens with zero attached hydrogens (tertiary/aromatic N) is 5. The molecular formula is C21H36N6OS. The molecule has 3 rings (SSSR count). The summed E-state index contributed by atoms with van der Waals surface area (Å²) in [6.07, 6.45) is 4.83. The molecule has 1 aromatic rings. The average molecular weight is 421 g/mol. The fourth-order valence-corrected chi connectivity index (χ4v) is 4.88. The van der Waals surface area contributed by atoms with Crippen molar-refractivity contribution < 1.29 is 4.79 Å². The number of likely N-dealkylation sites (tertiary alicyclic amines) is 1. The molecule has 2 aliphatic rings. The van der Waals surface area contributed by atoms with E-state index in [0.717, 1.165) is 75.3 Å². The van der Waals surface area contributed by atoms with Crippen LogP contribution >= 0.6 is 11.3 Å². The summed E-state index contributed by atoms with van der Waals surface area (Å²) >= 11 is 1.73. The van der Waals surface area contributed by atoms with Crippen molar-refractivity contribution in [3.8, 4) is 0 Å². The lowest BCUT2D eigenvalue weighted by molar-refractivity contribution is -0.132. The second-order valence-electron chi connectivity index (χ2n) is 7.97. The summed E-state index contributed by atoms with van der Waals surface area (Å²) in [7, 11) is 0. The van der Waals surface area contributed by atoms with Gasteiger partial charge in [0.15, 0.2) is 5.96 Å². The van der Waals surface area contributed by atoms with E-state index in [0.29, 0.717) is 19.0 Å². The Labute approximate surface area is 179 Å². The summed E-state index contributed by atoms with van der Waals surface area (Å²) in [4.78, 5) is 29.9. The first-order valence-electron chi connectivity index (χ1n) is 11.0. The fraction of sp³-hybridized carbons (Fsp3) is 0.762. The van der Waals surface area contributed by atoms with Crippen molar-refractivity contribution >= 4 is 23.2 Å². The molecule has 0 unspecified atom stereocenters. The van der Waals surface area contributed by atoms with Gasteiger partial charge in [-0.15, -0.1) is 11.3 Å². The van der Waals surface area contributed by atoms with E-state index in [-0.39, 0.29) is 0 Å². The Morgan fingerprint density at radius 2 is 1.72 bits per heavy atom. The van der Waals surface area contributed by atoms with Crippen LogP contribution in [-0.4, -0.2) is 83.9 Å². The lowest BCUT2D eigenvalue weighted by atomic mass is 10.2. The molecule has 3 heterocycles. The number of thiazole rings is 1. The summed E-state index contributed by atoms with van der Waals surface area (Å²) in [6, 6.07) is 0. The van der Waals surface area contributed by atoms with Crippen LogP contribution in [-0.2, 0) is 11.3 Å². The number of hydrogen-bond donors (Lipinski definition) is 1. The van der Waals surface area contributed by atoms with E-state index >= 15 is 0 Å². The largest absolute Gasteiger partial charge is 0.357 e. The Hall–Kier alpha value is -1.67. The minimum Gasteiger partial charge on any atom is -0.357 e. The van der Waals surface area contributed by atoms with E-state index in [9.17, 15) is 4.79 Å². The zero-order chi connectivity index (χ0) is 20.6. The Morgan fingerprint density at radius 1 is 1.03 bits per heavy atom. The molecule has 1 aromatic heterocycles. The van der Waals surface area contributed by atoms with Crippen LogP contribution in [0.4, 0.5) is 0 Å². The van der Waals surface area contributed by atoms with E-state index in [1.165, 1.54) is 17.7 Å². The molecule has 0 aliphatic carbocycles. The zero-order valence-electron chi connectivity index (χ0n) is 18.2. The molecule has 0 bridgehead atoms. The maximum atomic E-state index is 12.7. The lowest BCUT2D eigenvalue weighted by Gasteiger charge is -2.37. The number of aryl methyl sites for hydroxylation is 2. The Kier molecular flexibility index (Phi) is 8.29. The van der Waals surface area contributed by atoms with Gasteiger partial charge in [-0.3, -0.25) is 9.69 Å². The molecule has 0 saturated carbocycles. The summed E-state index contributed by atoms with van der Waals surface area (Å²) in [6.45, 7) is 13.8. The van der Waals surface area contributed by atoms with E-state index < -0.39 is 0 Å². The minimum atomic E-state index is 0.303. The molecule has 0 aromatic carbocycles. The molecule has 0 spiro atoms. The van der Waals surface area contributed by atoms with Crippen LogP contribution < -0.4 is 5.32 Å². The highest BCUT2D eigenvalue weighted by atomic mass is 32.1. The standard InChI is InChI=1S/C21H36N6OS/c1-4-22-21(23-15-19-17(2)24-18(3)29-19)27-13-11-25(12-14-27)16-20(28)26-9-7-5-6-8-10-26/h4-16H2,1-3H3,(H,22,23). The van der Waals surface area contributed by atoms with Crippen LogP contribution in [0.1, 0.15) is 48.2 Å². The zero-order valence-corrected chi connectivity index (χ0v) is 19.1. The number of piperazine rings is 1. The van der Waals surface area contributed by atoms with Crippen molar-refractivity contribution in [2.75, 3.05) is 52.4 Å². The molecule has 1 amide bonds. The van der Waals surface area contributed by atoms with Crippen LogP contribution in [0, 0.1) is 13.8 Å². The minimum absolute atomic E-state index is 0.303. The molecule has 8 heteroatoms. The van der Waals surface area contributed by atoms with Crippen molar-refractivity contribution in [3.05, 3.63) is 15.6 Å². The van der Waals surface area contributed by atoms with Crippen molar-refractivity contribution in [1.82, 2.24) is 25.0 Å². The summed E-state index contributed by atoms with van der Waals surface area (Å²) in [5.41, 5.74) is 1.09. The van der Waals surface area contributed by atoms with Gasteiger partial charge in [0.1, 0.15) is 0 Å². The number of carbonyl (C=O) groups excluding carboxylic acids is 1. The van der Waals surface area contributed by atoms with Crippen molar-refractivity contribution in [2.45, 2.75) is 53.0 Å². The van der Waals surface area contributed by atoms with Gasteiger partial charge in [0.2, 0.25) is 5.91 Å². The number of guanidine groups is 1. The predicted molar refractivity (Wildman–Crippen MR) is 119 cm³/mol. The molecule has 7 nitrogen and oxygen atoms in total. The van der Waals surface area contributed by atoms with Crippen molar-refractivity contribution in [3.63, 3.8) is 0 Å². The molecule has 2 fully saturated rings. The maximum Gasteiger partial charge on any atom is 0.236 e. The number of rotatable bonds is 5. The van der Waals surface area contributed by atoms with Crippen molar-refractivity contribution in [2.24, 2.45) is 4.99 Å². The Morgan fingerprint density at radius 3 is 2.31 bits per heavy atom. The normalized spacial score (nSPS) is 19.3. The van der Waals surface area contributed by atoms with Gasteiger partial charge >= 0.3 is 0 Å². The average Bonchev–Trinajstić information content (AvgIpc) is 2.90. The quantitative estimate of drug-likeness (QED) is 0.585. The molecular weight excluding hydrogens is 384 g/mol. The number of amides is 1. The highest BCUT2D eigenvalue weighted by Crippen LogP contribution is 2.18. The third-order valence-corrected chi connectivity index (χ3v) is 6.75. The first kappa shape index (κ1) is 22.0. The second-order valence-corrected chi connectivity index (χ2v) is 9.26. The number of aliphatic imine (C=N–C) groups is 1. The van der Waals surface area contributed by atoms with E-state index in [4.69, 9.17) is 4.99 Å². The number of aromatic nitrogens is 1. The first-order valence-corrected chi connectivity index (χ1v) is 11.8. The summed E-state index contributed by atoms with van der Waals surface area (Å²) < 4.78 is 0. The van der Waals surface area contributed by atoms with E-state index in [2.05, 4.69) is 38.8 Å². The van der Waals surface area contributed by atoms with Crippen LogP contribution in [0.25, 0.3) is 0 Å². The van der Waals surface area contributed by atoms with Crippen LogP contribution in [0.2, 0.25) is 0 Å². The molecule has 1 N–H and O–H groups in total. The SMILES string of the molecule is CCNC(=NCc1sc(C)nc1C)N1CCN(CC(=O)N2CCCCCC2)CC1. The number of hydrogen-bond acceptors (Lipinski definition) is 5. The van der Waals surface area contributed by atoms with E-state index in [1.807, 2.05) is 6.92 Å². The summed E-state index contributed by atoms with van der Waals surface area (Å²) in [5, 5.41) is 4.53. The predicted octanol–water partition coefficient (Wildman–Crippen LogP) is 2.25. The van der Waals surface area contributed by atoms with Gasteiger partial charge in [0.25, 0.3) is 0 Å². The molecule has 0 radical (unpaired) electrons. The Balaban J connectivity index is 1.51. The van der Waals surface area contributed by atoms with Gasteiger partial charge in [0.05, 0.1) is 23.8 Å². The fourth-order valence-electron chi connectivity index (χ4n) is 4.02. The molecule has 29 heavy (non-hydrogen) atoms. The Bertz CT molecular complexity index is 687. The monoisotopic (exact) mass is 420 g/mol. The smallest absolute Gasteiger partial charge is 0.236 e. The van der Waals surface area contributed by atoms with Gasteiger partial charge in [0, 0.05) is 50.7 Å². The molecule has 162 valence electrons. The number of nitrogens with one attached hydrogen (secondary N) is 1. The van der Waals surface area contributed by atoms with Gasteiger partial charge in [-0.2, -0.15) is 0 Å². The van der Waals surface area contributed by atoms with Crippen LogP contribution in [0.15, 0.2) is 4.99 Å². The van der Waals surface area contributed by atoms with Gasteiger partial charge < -0.3 is 15.1 Å². The third-order valence-electron chi connectivity index (χ3n) is 5.70. The van der Waals surface area contributed by atoms with Crippen LogP contribution in [0.5, 0.6) is 0 Å². The topological polar surface area (TPSA) is 64.1 Å². The van der Waals surface area contributed by atoms with E-state index in [1.54, 1.807) is 11.3 Å². The highest BCUT2D eigenvalue weighted by molar-refractivity contribution is 7.11. The van der Waals surface area contributed by atoms with Crippen LogP contribution in [0.3, 0.4) is 0 Å². The van der Waals surface area contributed by atoms with Gasteiger partial charge in [-0.1, -0.05) is 12.8 Å². The van der Waals surface area contributed by atoms with Gasteiger partial charge in [-0.25, -0.2) is 9.98 Å². The molecule has 0 atom stereocenters. The molecule has 2 saturated heterocycles. The van der Waals surface area contributed by atoms with Gasteiger partial charge in [-0.05, 0) is 33.6 Å². The highest BCUT2D eigenvalue weighted by Gasteiger charge is 2.23. The lowest BCUT2D eigenvalue weighted by Crippen LogP contribution is -2.54. The first-order chi connectivity index (χ1) is 14.1.